The number of carboxylic acids is 1. The van der Waals surface area contributed by atoms with E-state index in [0.717, 1.165) is 24.1 Å². The van der Waals surface area contributed by atoms with Crippen LogP contribution in [0.15, 0.2) is 24.5 Å². The number of nitrogens with zero attached hydrogens (tertiary/aromatic N) is 3. The molecule has 1 aromatic carbocycles. The normalized spacial score (nSPS) is 14.2. The highest BCUT2D eigenvalue weighted by Crippen LogP contribution is 2.39. The molecule has 156 valence electrons. The third-order valence-corrected chi connectivity index (χ3v) is 5.24. The van der Waals surface area contributed by atoms with E-state index in [9.17, 15) is 4.79 Å². The first-order valence-corrected chi connectivity index (χ1v) is 9.62. The Balaban J connectivity index is 1.85. The van der Waals surface area contributed by atoms with E-state index in [1.54, 1.807) is 27.5 Å². The zero-order valence-corrected chi connectivity index (χ0v) is 17.1. The first kappa shape index (κ1) is 20.9. The molecular weight excluding hydrogens is 374 g/mol. The van der Waals surface area contributed by atoms with Gasteiger partial charge in [0.05, 0.1) is 39.4 Å². The number of rotatable bonds is 9. The van der Waals surface area contributed by atoms with Crippen LogP contribution >= 0.6 is 0 Å². The van der Waals surface area contributed by atoms with Crippen molar-refractivity contribution in [1.82, 2.24) is 14.9 Å². The molecule has 1 saturated carbocycles. The Kier molecular flexibility index (Phi) is 6.87. The van der Waals surface area contributed by atoms with Crippen molar-refractivity contribution in [3.63, 3.8) is 0 Å². The summed E-state index contributed by atoms with van der Waals surface area (Å²) >= 11 is 0. The third kappa shape index (κ3) is 4.95. The summed E-state index contributed by atoms with van der Waals surface area (Å²) in [6, 6.07) is 4.36. The molecule has 0 aliphatic heterocycles. The van der Waals surface area contributed by atoms with Gasteiger partial charge in [-0.2, -0.15) is 0 Å². The van der Waals surface area contributed by atoms with E-state index >= 15 is 0 Å². The maximum atomic E-state index is 11.0. The van der Waals surface area contributed by atoms with E-state index in [1.807, 2.05) is 12.1 Å². The van der Waals surface area contributed by atoms with Gasteiger partial charge in [-0.15, -0.1) is 0 Å². The van der Waals surface area contributed by atoms with Crippen LogP contribution in [0.2, 0.25) is 0 Å². The number of aromatic carboxylic acids is 1. The van der Waals surface area contributed by atoms with Crippen LogP contribution in [0.3, 0.4) is 0 Å². The fraction of sp³-hybridized carbons (Fsp3) is 0.476. The number of hydrogen-bond acceptors (Lipinski definition) is 7. The van der Waals surface area contributed by atoms with E-state index < -0.39 is 5.97 Å². The molecule has 0 unspecified atom stereocenters. The number of methoxy groups -OCH3 is 3. The van der Waals surface area contributed by atoms with E-state index in [-0.39, 0.29) is 5.69 Å². The monoisotopic (exact) mass is 401 g/mol. The Bertz CT molecular complexity index is 810. The standard InChI is InChI=1S/C21H27N3O5/c1-27-18-8-14(9-19(28-2)20(18)29-3)12-24(16-6-4-5-7-16)13-15-10-23-17(11-22-15)21(25)26/h8-11,16H,4-7,12-13H2,1-3H3,(H,25,26). The van der Waals surface area contributed by atoms with Gasteiger partial charge < -0.3 is 19.3 Å². The van der Waals surface area contributed by atoms with Crippen molar-refractivity contribution in [3.8, 4) is 17.2 Å². The molecule has 0 bridgehead atoms. The van der Waals surface area contributed by atoms with Gasteiger partial charge in [0, 0.05) is 19.1 Å². The summed E-state index contributed by atoms with van der Waals surface area (Å²) in [5.41, 5.74) is 1.74. The number of benzene rings is 1. The van der Waals surface area contributed by atoms with Crippen molar-refractivity contribution >= 4 is 5.97 Å². The molecule has 1 aromatic heterocycles. The largest absolute Gasteiger partial charge is 0.493 e. The van der Waals surface area contributed by atoms with Crippen LogP contribution in [0, 0.1) is 0 Å². The molecule has 0 radical (unpaired) electrons. The average molecular weight is 401 g/mol. The summed E-state index contributed by atoms with van der Waals surface area (Å²) < 4.78 is 16.4. The molecule has 1 heterocycles. The summed E-state index contributed by atoms with van der Waals surface area (Å²) in [5.74, 6) is 0.744. The average Bonchev–Trinajstić information content (AvgIpc) is 3.27. The Labute approximate surface area is 170 Å². The fourth-order valence-electron chi connectivity index (χ4n) is 3.80. The summed E-state index contributed by atoms with van der Waals surface area (Å²) in [6.07, 6.45) is 7.53. The predicted octanol–water partition coefficient (Wildman–Crippen LogP) is 3.15. The molecule has 0 atom stereocenters. The van der Waals surface area contributed by atoms with Crippen LogP contribution in [-0.2, 0) is 13.1 Å². The van der Waals surface area contributed by atoms with Gasteiger partial charge in [0.2, 0.25) is 5.75 Å². The molecular formula is C21H27N3O5. The van der Waals surface area contributed by atoms with Gasteiger partial charge in [-0.25, -0.2) is 9.78 Å². The number of hydrogen-bond donors (Lipinski definition) is 1. The second-order valence-corrected chi connectivity index (χ2v) is 7.07. The summed E-state index contributed by atoms with van der Waals surface area (Å²) in [7, 11) is 4.80. The second kappa shape index (κ2) is 9.56. The summed E-state index contributed by atoms with van der Waals surface area (Å²) in [6.45, 7) is 1.28. The highest BCUT2D eigenvalue weighted by molar-refractivity contribution is 5.84. The van der Waals surface area contributed by atoms with Crippen molar-refractivity contribution in [2.24, 2.45) is 0 Å². The predicted molar refractivity (Wildman–Crippen MR) is 107 cm³/mol. The number of carboxylic acid groups (broad SMARTS) is 1. The van der Waals surface area contributed by atoms with Gasteiger partial charge in [-0.3, -0.25) is 9.88 Å². The molecule has 8 nitrogen and oxygen atoms in total. The molecule has 0 spiro atoms. The van der Waals surface area contributed by atoms with Gasteiger partial charge >= 0.3 is 5.97 Å². The molecule has 0 amide bonds. The highest BCUT2D eigenvalue weighted by Gasteiger charge is 2.24. The zero-order valence-electron chi connectivity index (χ0n) is 17.1. The van der Waals surface area contributed by atoms with Crippen molar-refractivity contribution in [3.05, 3.63) is 41.5 Å². The molecule has 1 aliphatic carbocycles. The molecule has 2 aromatic rings. The Morgan fingerprint density at radius 1 is 1.03 bits per heavy atom. The lowest BCUT2D eigenvalue weighted by molar-refractivity contribution is 0.0689. The smallest absolute Gasteiger partial charge is 0.356 e. The highest BCUT2D eigenvalue weighted by atomic mass is 16.5. The van der Waals surface area contributed by atoms with Gasteiger partial charge in [0.1, 0.15) is 0 Å². The Hall–Kier alpha value is -2.87. The Morgan fingerprint density at radius 3 is 2.17 bits per heavy atom. The third-order valence-electron chi connectivity index (χ3n) is 5.24. The summed E-state index contributed by atoms with van der Waals surface area (Å²) in [5, 5.41) is 9.02. The number of ether oxygens (including phenoxy) is 3. The van der Waals surface area contributed by atoms with Gasteiger partial charge in [-0.1, -0.05) is 12.8 Å². The van der Waals surface area contributed by atoms with Gasteiger partial charge in [0.25, 0.3) is 0 Å². The molecule has 8 heteroatoms. The topological polar surface area (TPSA) is 94.0 Å². The number of aromatic nitrogens is 2. The molecule has 1 fully saturated rings. The van der Waals surface area contributed by atoms with Crippen LogP contribution in [-0.4, -0.2) is 53.3 Å². The number of carbonyl (C=O) groups is 1. The van der Waals surface area contributed by atoms with Gasteiger partial charge in [0.15, 0.2) is 17.2 Å². The first-order chi connectivity index (χ1) is 14.0. The maximum Gasteiger partial charge on any atom is 0.356 e. The first-order valence-electron chi connectivity index (χ1n) is 9.62. The molecule has 0 saturated heterocycles. The minimum atomic E-state index is -1.07. The van der Waals surface area contributed by atoms with Crippen LogP contribution in [0.4, 0.5) is 0 Å². The van der Waals surface area contributed by atoms with Gasteiger partial charge in [-0.05, 0) is 30.5 Å². The van der Waals surface area contributed by atoms with Crippen LogP contribution in [0.25, 0.3) is 0 Å². The maximum absolute atomic E-state index is 11.0. The fourth-order valence-corrected chi connectivity index (χ4v) is 3.80. The Morgan fingerprint density at radius 2 is 1.69 bits per heavy atom. The lowest BCUT2D eigenvalue weighted by atomic mass is 10.1. The van der Waals surface area contributed by atoms with Crippen molar-refractivity contribution in [1.29, 1.82) is 0 Å². The van der Waals surface area contributed by atoms with Crippen LogP contribution in [0.1, 0.15) is 47.4 Å². The minimum Gasteiger partial charge on any atom is -0.493 e. The quantitative estimate of drug-likeness (QED) is 0.685. The zero-order chi connectivity index (χ0) is 20.8. The van der Waals surface area contributed by atoms with Crippen molar-refractivity contribution < 1.29 is 24.1 Å². The molecule has 1 N–H and O–H groups in total. The van der Waals surface area contributed by atoms with E-state index in [2.05, 4.69) is 14.9 Å². The van der Waals surface area contributed by atoms with Crippen LogP contribution < -0.4 is 14.2 Å². The van der Waals surface area contributed by atoms with E-state index in [0.29, 0.717) is 36.4 Å². The summed E-state index contributed by atoms with van der Waals surface area (Å²) in [4.78, 5) is 21.7. The molecule has 1 aliphatic rings. The molecule has 29 heavy (non-hydrogen) atoms. The van der Waals surface area contributed by atoms with E-state index in [4.69, 9.17) is 19.3 Å². The second-order valence-electron chi connectivity index (χ2n) is 7.07. The lowest BCUT2D eigenvalue weighted by Gasteiger charge is -2.29. The van der Waals surface area contributed by atoms with E-state index in [1.165, 1.54) is 19.0 Å². The van der Waals surface area contributed by atoms with Crippen LogP contribution in [0.5, 0.6) is 17.2 Å². The SMILES string of the molecule is COc1cc(CN(Cc2cnc(C(=O)O)cn2)C2CCCC2)cc(OC)c1OC. The lowest BCUT2D eigenvalue weighted by Crippen LogP contribution is -2.32. The minimum absolute atomic E-state index is 0.0502. The van der Waals surface area contributed by atoms with Crippen molar-refractivity contribution in [2.75, 3.05) is 21.3 Å². The molecule has 3 rings (SSSR count). The van der Waals surface area contributed by atoms with Crippen molar-refractivity contribution in [2.45, 2.75) is 44.8 Å².